The van der Waals surface area contributed by atoms with Crippen LogP contribution in [-0.4, -0.2) is 33.4 Å². The highest BCUT2D eigenvalue weighted by molar-refractivity contribution is 5.90. The van der Waals surface area contributed by atoms with E-state index in [4.69, 9.17) is 0 Å². The van der Waals surface area contributed by atoms with Crippen molar-refractivity contribution in [3.05, 3.63) is 24.3 Å². The summed E-state index contributed by atoms with van der Waals surface area (Å²) < 4.78 is 0. The molecule has 1 unspecified atom stereocenters. The van der Waals surface area contributed by atoms with Gasteiger partial charge >= 0.3 is 0 Å². The molecule has 0 radical (unpaired) electrons. The molecule has 0 saturated heterocycles. The lowest BCUT2D eigenvalue weighted by Crippen LogP contribution is -2.56. The molecule has 0 aromatic carbocycles. The topological polar surface area (TPSA) is 84.0 Å². The Labute approximate surface area is 113 Å². The first kappa shape index (κ1) is 15.1. The zero-order valence-corrected chi connectivity index (χ0v) is 11.7. The van der Waals surface area contributed by atoms with Gasteiger partial charge in [-0.1, -0.05) is 0 Å². The van der Waals surface area contributed by atoms with E-state index in [2.05, 4.69) is 20.6 Å². The van der Waals surface area contributed by atoms with Crippen LogP contribution in [0.5, 0.6) is 0 Å². The fraction of sp³-hybridized carbons (Fsp3) is 0.538. The maximum absolute atomic E-state index is 12.0. The molecule has 1 rings (SSSR count). The van der Waals surface area contributed by atoms with Crippen LogP contribution in [-0.2, 0) is 16.0 Å². The van der Waals surface area contributed by atoms with Crippen LogP contribution in [0.2, 0.25) is 0 Å². The lowest BCUT2D eigenvalue weighted by molar-refractivity contribution is -0.131. The molecule has 19 heavy (non-hydrogen) atoms. The van der Waals surface area contributed by atoms with Crippen molar-refractivity contribution in [1.29, 1.82) is 0 Å². The van der Waals surface area contributed by atoms with Crippen molar-refractivity contribution in [2.24, 2.45) is 0 Å². The first-order chi connectivity index (χ1) is 8.81. The quantitative estimate of drug-likeness (QED) is 0.808. The third kappa shape index (κ3) is 5.03. The van der Waals surface area contributed by atoms with E-state index < -0.39 is 5.54 Å². The van der Waals surface area contributed by atoms with Gasteiger partial charge in [0.2, 0.25) is 11.8 Å². The maximum atomic E-state index is 12.0. The second kappa shape index (κ2) is 6.26. The molecule has 1 aromatic rings. The van der Waals surface area contributed by atoms with Gasteiger partial charge < -0.3 is 10.6 Å². The summed E-state index contributed by atoms with van der Waals surface area (Å²) in [5.74, 6) is -0.458. The Morgan fingerprint density at radius 3 is 2.58 bits per heavy atom. The molecule has 2 N–H and O–H groups in total. The van der Waals surface area contributed by atoms with E-state index in [1.807, 2.05) is 6.92 Å². The number of carbonyl (C=O) groups excluding carboxylic acids is 2. The van der Waals surface area contributed by atoms with Gasteiger partial charge in [-0.3, -0.25) is 19.6 Å². The Kier molecular flexibility index (Phi) is 4.97. The van der Waals surface area contributed by atoms with Crippen molar-refractivity contribution in [3.63, 3.8) is 0 Å². The average molecular weight is 264 g/mol. The van der Waals surface area contributed by atoms with Crippen LogP contribution in [0, 0.1) is 0 Å². The molecule has 0 fully saturated rings. The van der Waals surface area contributed by atoms with Gasteiger partial charge in [0.1, 0.15) is 5.54 Å². The molecule has 0 aliphatic heterocycles. The van der Waals surface area contributed by atoms with Gasteiger partial charge in [-0.05, 0) is 20.8 Å². The molecular weight excluding hydrogens is 244 g/mol. The van der Waals surface area contributed by atoms with Gasteiger partial charge in [-0.2, -0.15) is 0 Å². The number of nitrogens with one attached hydrogen (secondary N) is 2. The van der Waals surface area contributed by atoms with Crippen LogP contribution >= 0.6 is 0 Å². The molecule has 6 nitrogen and oxygen atoms in total. The number of rotatable bonds is 5. The first-order valence-corrected chi connectivity index (χ1v) is 6.16. The summed E-state index contributed by atoms with van der Waals surface area (Å²) in [5, 5.41) is 5.46. The zero-order valence-electron chi connectivity index (χ0n) is 11.7. The Balaban J connectivity index is 2.54. The van der Waals surface area contributed by atoms with Crippen molar-refractivity contribution in [1.82, 2.24) is 20.6 Å². The van der Waals surface area contributed by atoms with E-state index in [9.17, 15) is 9.59 Å². The van der Waals surface area contributed by atoms with E-state index in [0.717, 1.165) is 5.69 Å². The van der Waals surface area contributed by atoms with Crippen molar-refractivity contribution in [2.45, 2.75) is 45.7 Å². The molecule has 0 aliphatic carbocycles. The summed E-state index contributed by atoms with van der Waals surface area (Å²) in [6, 6.07) is -0.0859. The zero-order chi connectivity index (χ0) is 14.5. The smallest absolute Gasteiger partial charge is 0.245 e. The fourth-order valence-electron chi connectivity index (χ4n) is 1.70. The molecule has 0 bridgehead atoms. The van der Waals surface area contributed by atoms with Gasteiger partial charge in [-0.15, -0.1) is 0 Å². The Hall–Kier alpha value is -1.98. The maximum Gasteiger partial charge on any atom is 0.245 e. The lowest BCUT2D eigenvalue weighted by Gasteiger charge is -2.26. The second-order valence-corrected chi connectivity index (χ2v) is 5.08. The Bertz CT molecular complexity index is 445. The minimum Gasteiger partial charge on any atom is -0.351 e. The largest absolute Gasteiger partial charge is 0.351 e. The van der Waals surface area contributed by atoms with Gasteiger partial charge in [0.05, 0.1) is 5.69 Å². The van der Waals surface area contributed by atoms with Crippen LogP contribution in [0.3, 0.4) is 0 Å². The summed E-state index contributed by atoms with van der Waals surface area (Å²) in [5.41, 5.74) is -0.115. The molecular formula is C13H20N4O2. The summed E-state index contributed by atoms with van der Waals surface area (Å²) in [6.45, 7) is 6.60. The average Bonchev–Trinajstić information content (AvgIpc) is 2.28. The summed E-state index contributed by atoms with van der Waals surface area (Å²) in [4.78, 5) is 31.2. The van der Waals surface area contributed by atoms with Gasteiger partial charge in [0.25, 0.3) is 0 Å². The number of amides is 2. The molecule has 1 aromatic heterocycles. The van der Waals surface area contributed by atoms with Crippen molar-refractivity contribution in [2.75, 3.05) is 0 Å². The van der Waals surface area contributed by atoms with Gasteiger partial charge in [0.15, 0.2) is 0 Å². The molecule has 0 aliphatic rings. The van der Waals surface area contributed by atoms with Crippen LogP contribution in [0.4, 0.5) is 0 Å². The third-order valence-corrected chi connectivity index (χ3v) is 2.57. The Morgan fingerprint density at radius 1 is 1.37 bits per heavy atom. The molecule has 0 spiro atoms. The van der Waals surface area contributed by atoms with Crippen LogP contribution in [0.1, 0.15) is 33.4 Å². The molecule has 0 saturated carbocycles. The van der Waals surface area contributed by atoms with Crippen LogP contribution in [0.25, 0.3) is 0 Å². The Morgan fingerprint density at radius 2 is 2.05 bits per heavy atom. The van der Waals surface area contributed by atoms with Crippen LogP contribution < -0.4 is 10.6 Å². The molecule has 2 amide bonds. The fourth-order valence-corrected chi connectivity index (χ4v) is 1.70. The summed E-state index contributed by atoms with van der Waals surface area (Å²) in [6.07, 6.45) is 5.48. The molecule has 6 heteroatoms. The normalized spacial score (nSPS) is 12.6. The van der Waals surface area contributed by atoms with E-state index in [0.29, 0.717) is 6.42 Å². The molecule has 104 valence electrons. The van der Waals surface area contributed by atoms with Crippen molar-refractivity contribution < 1.29 is 9.59 Å². The highest BCUT2D eigenvalue weighted by Gasteiger charge is 2.29. The second-order valence-electron chi connectivity index (χ2n) is 5.08. The summed E-state index contributed by atoms with van der Waals surface area (Å²) >= 11 is 0. The van der Waals surface area contributed by atoms with E-state index >= 15 is 0 Å². The third-order valence-electron chi connectivity index (χ3n) is 2.57. The highest BCUT2D eigenvalue weighted by atomic mass is 16.2. The van der Waals surface area contributed by atoms with Crippen molar-refractivity contribution >= 4 is 11.8 Å². The molecule has 1 atom stereocenters. The van der Waals surface area contributed by atoms with Gasteiger partial charge in [0, 0.05) is 38.0 Å². The predicted octanol–water partition coefficient (Wildman–Crippen LogP) is 0.439. The SMILES string of the molecule is CC(=O)NC(C)(C)C(=O)NC(C)Cc1cnccn1. The summed E-state index contributed by atoms with van der Waals surface area (Å²) in [7, 11) is 0. The van der Waals surface area contributed by atoms with Crippen LogP contribution in [0.15, 0.2) is 18.6 Å². The molecule has 1 heterocycles. The number of hydrogen-bond donors (Lipinski definition) is 2. The monoisotopic (exact) mass is 264 g/mol. The lowest BCUT2D eigenvalue weighted by atomic mass is 10.0. The van der Waals surface area contributed by atoms with E-state index in [1.165, 1.54) is 6.92 Å². The number of nitrogens with zero attached hydrogens (tertiary/aromatic N) is 2. The van der Waals surface area contributed by atoms with Gasteiger partial charge in [-0.25, -0.2) is 0 Å². The minimum absolute atomic E-state index is 0.0859. The number of aromatic nitrogens is 2. The number of hydrogen-bond acceptors (Lipinski definition) is 4. The highest BCUT2D eigenvalue weighted by Crippen LogP contribution is 2.04. The number of carbonyl (C=O) groups is 2. The predicted molar refractivity (Wildman–Crippen MR) is 71.2 cm³/mol. The first-order valence-electron chi connectivity index (χ1n) is 6.16. The van der Waals surface area contributed by atoms with Crippen molar-refractivity contribution in [3.8, 4) is 0 Å². The van der Waals surface area contributed by atoms with E-state index in [1.54, 1.807) is 32.4 Å². The van der Waals surface area contributed by atoms with E-state index in [-0.39, 0.29) is 17.9 Å². The minimum atomic E-state index is -0.928. The standard InChI is InChI=1S/C13H20N4O2/c1-9(7-11-8-14-5-6-15-11)16-12(19)13(3,4)17-10(2)18/h5-6,8-9H,7H2,1-4H3,(H,16,19)(H,17,18).